The quantitative estimate of drug-likeness (QED) is 0.673. The summed E-state index contributed by atoms with van der Waals surface area (Å²) in [5.74, 6) is 0.0887. The number of thioether (sulfide) groups is 1. The maximum absolute atomic E-state index is 12.1. The summed E-state index contributed by atoms with van der Waals surface area (Å²) in [6, 6.07) is 14.5. The van der Waals surface area contributed by atoms with Gasteiger partial charge in [-0.3, -0.25) is 14.5 Å². The molecule has 0 aliphatic carbocycles. The van der Waals surface area contributed by atoms with E-state index in [4.69, 9.17) is 16.3 Å². The predicted octanol–water partition coefficient (Wildman–Crippen LogP) is 3.34. The van der Waals surface area contributed by atoms with Gasteiger partial charge < -0.3 is 15.4 Å². The molecule has 0 radical (unpaired) electrons. The van der Waals surface area contributed by atoms with Gasteiger partial charge in [-0.25, -0.2) is 0 Å². The van der Waals surface area contributed by atoms with Gasteiger partial charge in [-0.05, 0) is 36.4 Å². The van der Waals surface area contributed by atoms with Crippen molar-refractivity contribution in [3.63, 3.8) is 0 Å². The van der Waals surface area contributed by atoms with Gasteiger partial charge in [0.2, 0.25) is 11.8 Å². The molecule has 0 aromatic heterocycles. The molecule has 0 saturated carbocycles. The highest BCUT2D eigenvalue weighted by molar-refractivity contribution is 8.00. The average Bonchev–Trinajstić information content (AvgIpc) is 2.69. The van der Waals surface area contributed by atoms with Gasteiger partial charge in [0.05, 0.1) is 30.5 Å². The first-order valence-electron chi connectivity index (χ1n) is 8.97. The number of benzene rings is 2. The first-order valence-corrected chi connectivity index (χ1v) is 10.3. The second-order valence-electron chi connectivity index (χ2n) is 6.28. The molecule has 0 unspecified atom stereocenters. The average molecular weight is 420 g/mol. The minimum absolute atomic E-state index is 0.0603. The SMILES string of the molecule is O=C(CSc1ccccc1Cl)Nc1ccc(NC(=O)CN2CCOCC2)cc1. The fourth-order valence-electron chi connectivity index (χ4n) is 2.70. The molecule has 1 heterocycles. The Kier molecular flexibility index (Phi) is 7.73. The van der Waals surface area contributed by atoms with E-state index >= 15 is 0 Å². The third-order valence-corrected chi connectivity index (χ3v) is 5.63. The minimum Gasteiger partial charge on any atom is -0.379 e. The highest BCUT2D eigenvalue weighted by atomic mass is 35.5. The van der Waals surface area contributed by atoms with Gasteiger partial charge in [0.15, 0.2) is 0 Å². The number of rotatable bonds is 7. The number of nitrogens with zero attached hydrogens (tertiary/aromatic N) is 1. The topological polar surface area (TPSA) is 70.7 Å². The Hall–Kier alpha value is -2.06. The first-order chi connectivity index (χ1) is 13.6. The fourth-order valence-corrected chi connectivity index (χ4v) is 3.74. The molecule has 28 heavy (non-hydrogen) atoms. The molecular weight excluding hydrogens is 398 g/mol. The summed E-state index contributed by atoms with van der Waals surface area (Å²) in [5.41, 5.74) is 1.37. The standard InChI is InChI=1S/C20H22ClN3O3S/c21-17-3-1-2-4-18(17)28-14-20(26)23-16-7-5-15(6-8-16)22-19(25)13-24-9-11-27-12-10-24/h1-8H,9-14H2,(H,22,25)(H,23,26). The molecule has 6 nitrogen and oxygen atoms in total. The zero-order valence-electron chi connectivity index (χ0n) is 15.3. The van der Waals surface area contributed by atoms with E-state index < -0.39 is 0 Å². The van der Waals surface area contributed by atoms with E-state index in [1.54, 1.807) is 30.3 Å². The van der Waals surface area contributed by atoms with Crippen molar-refractivity contribution < 1.29 is 14.3 Å². The van der Waals surface area contributed by atoms with E-state index in [1.807, 2.05) is 18.2 Å². The molecular formula is C20H22ClN3O3S. The zero-order chi connectivity index (χ0) is 19.8. The highest BCUT2D eigenvalue weighted by Crippen LogP contribution is 2.26. The van der Waals surface area contributed by atoms with Crippen LogP contribution in [0.15, 0.2) is 53.4 Å². The number of amides is 2. The van der Waals surface area contributed by atoms with Crippen LogP contribution < -0.4 is 10.6 Å². The molecule has 148 valence electrons. The van der Waals surface area contributed by atoms with E-state index in [0.29, 0.717) is 36.2 Å². The van der Waals surface area contributed by atoms with Crippen molar-refractivity contribution in [3.8, 4) is 0 Å². The Morgan fingerprint density at radius 2 is 1.57 bits per heavy atom. The summed E-state index contributed by atoms with van der Waals surface area (Å²) >= 11 is 7.48. The molecule has 2 aromatic rings. The van der Waals surface area contributed by atoms with E-state index in [0.717, 1.165) is 18.0 Å². The van der Waals surface area contributed by atoms with Crippen LogP contribution in [0.2, 0.25) is 5.02 Å². The Bertz CT molecular complexity index is 811. The number of hydrogen-bond acceptors (Lipinski definition) is 5. The Morgan fingerprint density at radius 1 is 0.964 bits per heavy atom. The number of carbonyl (C=O) groups excluding carboxylic acids is 2. The molecule has 1 fully saturated rings. The Labute approximate surface area is 173 Å². The van der Waals surface area contributed by atoms with Crippen molar-refractivity contribution in [1.29, 1.82) is 0 Å². The molecule has 0 spiro atoms. The maximum Gasteiger partial charge on any atom is 0.238 e. The number of halogens is 1. The molecule has 1 aliphatic heterocycles. The summed E-state index contributed by atoms with van der Waals surface area (Å²) in [6.45, 7) is 3.21. The van der Waals surface area contributed by atoms with Gasteiger partial charge in [-0.1, -0.05) is 23.7 Å². The monoisotopic (exact) mass is 419 g/mol. The lowest BCUT2D eigenvalue weighted by Crippen LogP contribution is -2.41. The van der Waals surface area contributed by atoms with Gasteiger partial charge in [0, 0.05) is 29.4 Å². The van der Waals surface area contributed by atoms with Crippen LogP contribution in [-0.4, -0.2) is 55.3 Å². The van der Waals surface area contributed by atoms with Crippen LogP contribution in [-0.2, 0) is 14.3 Å². The Morgan fingerprint density at radius 3 is 2.21 bits per heavy atom. The summed E-state index contributed by atoms with van der Waals surface area (Å²) in [6.07, 6.45) is 0. The van der Waals surface area contributed by atoms with Gasteiger partial charge in [0.1, 0.15) is 0 Å². The van der Waals surface area contributed by atoms with Crippen LogP contribution in [0.1, 0.15) is 0 Å². The molecule has 0 bridgehead atoms. The number of nitrogens with one attached hydrogen (secondary N) is 2. The molecule has 0 atom stereocenters. The third kappa shape index (κ3) is 6.53. The van der Waals surface area contributed by atoms with E-state index in [9.17, 15) is 9.59 Å². The number of hydrogen-bond donors (Lipinski definition) is 2. The molecule has 2 N–H and O–H groups in total. The maximum atomic E-state index is 12.1. The van der Waals surface area contributed by atoms with E-state index in [2.05, 4.69) is 15.5 Å². The highest BCUT2D eigenvalue weighted by Gasteiger charge is 2.14. The van der Waals surface area contributed by atoms with Crippen molar-refractivity contribution in [2.45, 2.75) is 4.90 Å². The largest absolute Gasteiger partial charge is 0.379 e. The Balaban J connectivity index is 1.43. The summed E-state index contributed by atoms with van der Waals surface area (Å²) in [5, 5.41) is 6.35. The van der Waals surface area contributed by atoms with Gasteiger partial charge >= 0.3 is 0 Å². The summed E-state index contributed by atoms with van der Waals surface area (Å²) < 4.78 is 5.28. The molecule has 2 amide bonds. The number of anilines is 2. The molecule has 3 rings (SSSR count). The number of carbonyl (C=O) groups is 2. The third-order valence-electron chi connectivity index (χ3n) is 4.12. The summed E-state index contributed by atoms with van der Waals surface area (Å²) in [4.78, 5) is 27.2. The van der Waals surface area contributed by atoms with E-state index in [1.165, 1.54) is 11.8 Å². The van der Waals surface area contributed by atoms with Crippen molar-refractivity contribution in [3.05, 3.63) is 53.6 Å². The van der Waals surface area contributed by atoms with Crippen LogP contribution >= 0.6 is 23.4 Å². The van der Waals surface area contributed by atoms with Crippen molar-refractivity contribution in [2.75, 3.05) is 49.2 Å². The molecule has 2 aromatic carbocycles. The smallest absolute Gasteiger partial charge is 0.238 e. The first kappa shape index (κ1) is 20.7. The minimum atomic E-state index is -0.117. The molecule has 1 aliphatic rings. The van der Waals surface area contributed by atoms with Crippen LogP contribution in [0, 0.1) is 0 Å². The van der Waals surface area contributed by atoms with E-state index in [-0.39, 0.29) is 17.6 Å². The fraction of sp³-hybridized carbons (Fsp3) is 0.300. The molecule has 8 heteroatoms. The molecule has 1 saturated heterocycles. The van der Waals surface area contributed by atoms with Gasteiger partial charge in [-0.2, -0.15) is 0 Å². The second kappa shape index (κ2) is 10.5. The zero-order valence-corrected chi connectivity index (χ0v) is 16.9. The lowest BCUT2D eigenvalue weighted by molar-refractivity contribution is -0.118. The van der Waals surface area contributed by atoms with Crippen molar-refractivity contribution in [2.24, 2.45) is 0 Å². The van der Waals surface area contributed by atoms with Crippen LogP contribution in [0.25, 0.3) is 0 Å². The second-order valence-corrected chi connectivity index (χ2v) is 7.71. The van der Waals surface area contributed by atoms with Crippen molar-refractivity contribution >= 4 is 46.6 Å². The number of ether oxygens (including phenoxy) is 1. The lowest BCUT2D eigenvalue weighted by atomic mass is 10.2. The van der Waals surface area contributed by atoms with Crippen LogP contribution in [0.3, 0.4) is 0 Å². The normalized spacial score (nSPS) is 14.5. The number of morpholine rings is 1. The van der Waals surface area contributed by atoms with Crippen LogP contribution in [0.4, 0.5) is 11.4 Å². The summed E-state index contributed by atoms with van der Waals surface area (Å²) in [7, 11) is 0. The lowest BCUT2D eigenvalue weighted by Gasteiger charge is -2.25. The predicted molar refractivity (Wildman–Crippen MR) is 113 cm³/mol. The van der Waals surface area contributed by atoms with Crippen LogP contribution in [0.5, 0.6) is 0 Å². The van der Waals surface area contributed by atoms with Gasteiger partial charge in [0.25, 0.3) is 0 Å². The van der Waals surface area contributed by atoms with Crippen molar-refractivity contribution in [1.82, 2.24) is 4.90 Å². The van der Waals surface area contributed by atoms with Gasteiger partial charge in [-0.15, -0.1) is 11.8 Å².